The largest absolute Gasteiger partial charge is 0.494 e. The van der Waals surface area contributed by atoms with Gasteiger partial charge in [0.2, 0.25) is 15.9 Å². The van der Waals surface area contributed by atoms with Gasteiger partial charge in [0, 0.05) is 50.7 Å². The standard InChI is InChI=1S/C37H48N6O6S/c1-7-36(45)38-15-11-9-8-10-12-30-20-33-35(21-39-30)50(46,47)43(22-26(4)49-33)23-29-17-27(14-13-24(29)2)31(16-25(3)44)28-18-32-37(34(19-28)48-6)42(5)41-40-32/h13-14,17-21,26,31H,7-12,15-16,22-23H2,1-6H3,(H,38,45)/t26-,31+/m1/s1. The molecule has 2 aromatic heterocycles. The van der Waals surface area contributed by atoms with Crippen LogP contribution in [0.2, 0.25) is 0 Å². The van der Waals surface area contributed by atoms with Crippen molar-refractivity contribution in [2.45, 2.75) is 96.1 Å². The number of carbonyl (C=O) groups is 2. The molecule has 0 aliphatic carbocycles. The van der Waals surface area contributed by atoms with E-state index >= 15 is 0 Å². The first-order valence-electron chi connectivity index (χ1n) is 17.3. The summed E-state index contributed by atoms with van der Waals surface area (Å²) in [4.78, 5) is 28.5. The van der Waals surface area contributed by atoms with Crippen LogP contribution in [0.25, 0.3) is 11.0 Å². The topological polar surface area (TPSA) is 146 Å². The van der Waals surface area contributed by atoms with Gasteiger partial charge in [0.1, 0.15) is 39.3 Å². The Bertz CT molecular complexity index is 1960. The summed E-state index contributed by atoms with van der Waals surface area (Å²) in [6.07, 6.45) is 6.29. The number of pyridine rings is 1. The molecule has 2 atom stereocenters. The van der Waals surface area contributed by atoms with Crippen LogP contribution in [-0.2, 0) is 39.6 Å². The Labute approximate surface area is 294 Å². The lowest BCUT2D eigenvalue weighted by Gasteiger charge is -2.24. The van der Waals surface area contributed by atoms with E-state index < -0.39 is 10.0 Å². The Morgan fingerprint density at radius 2 is 1.88 bits per heavy atom. The van der Waals surface area contributed by atoms with E-state index in [1.54, 1.807) is 31.8 Å². The van der Waals surface area contributed by atoms with Crippen molar-refractivity contribution in [1.82, 2.24) is 29.6 Å². The third-order valence-corrected chi connectivity index (χ3v) is 11.0. The number of sulfonamides is 1. The quantitative estimate of drug-likeness (QED) is 0.161. The minimum atomic E-state index is -3.94. The molecule has 0 bridgehead atoms. The summed E-state index contributed by atoms with van der Waals surface area (Å²) in [6, 6.07) is 11.6. The number of Topliss-reactive ketones (excluding diaryl/α,β-unsaturated/α-hetero) is 1. The highest BCUT2D eigenvalue weighted by molar-refractivity contribution is 7.89. The lowest BCUT2D eigenvalue weighted by Crippen LogP contribution is -2.35. The van der Waals surface area contributed by atoms with Crippen LogP contribution in [0.1, 0.15) is 93.2 Å². The Hall–Kier alpha value is -4.36. The molecule has 50 heavy (non-hydrogen) atoms. The molecule has 13 heteroatoms. The predicted molar refractivity (Wildman–Crippen MR) is 191 cm³/mol. The lowest BCUT2D eigenvalue weighted by atomic mass is 9.85. The molecule has 4 aromatic rings. The fraction of sp³-hybridized carbons (Fsp3) is 0.486. The Kier molecular flexibility index (Phi) is 11.9. The van der Waals surface area contributed by atoms with E-state index in [2.05, 4.69) is 20.6 Å². The van der Waals surface area contributed by atoms with Crippen molar-refractivity contribution in [2.24, 2.45) is 7.05 Å². The average molecular weight is 705 g/mol. The molecule has 0 radical (unpaired) electrons. The zero-order valence-corrected chi connectivity index (χ0v) is 30.7. The molecule has 1 N–H and O–H groups in total. The zero-order valence-electron chi connectivity index (χ0n) is 29.9. The third kappa shape index (κ3) is 8.50. The SMILES string of the molecule is CCC(=O)NCCCCCCc1cc2c(cn1)S(=O)(=O)N(Cc1cc([C@H](CC(C)=O)c3cc(OC)c4c(c3)nnn4C)ccc1C)C[C@@H](C)O2. The van der Waals surface area contributed by atoms with Gasteiger partial charge in [-0.05, 0) is 74.4 Å². The monoisotopic (exact) mass is 704 g/mol. The number of carbonyl (C=O) groups excluding carboxylic acids is 2. The molecule has 1 amide bonds. The molecule has 0 spiro atoms. The highest BCUT2D eigenvalue weighted by Crippen LogP contribution is 2.37. The summed E-state index contributed by atoms with van der Waals surface area (Å²) in [5.41, 5.74) is 5.73. The number of nitrogens with zero attached hydrogens (tertiary/aromatic N) is 5. The normalized spacial score (nSPS) is 16.3. The number of ether oxygens (including phenoxy) is 2. The number of aromatic nitrogens is 4. The second-order valence-electron chi connectivity index (χ2n) is 13.2. The van der Waals surface area contributed by atoms with Gasteiger partial charge in [-0.3, -0.25) is 14.6 Å². The molecular formula is C37H48N6O6S. The van der Waals surface area contributed by atoms with Crippen molar-refractivity contribution in [3.63, 3.8) is 0 Å². The Morgan fingerprint density at radius 1 is 1.10 bits per heavy atom. The molecule has 0 unspecified atom stereocenters. The van der Waals surface area contributed by atoms with Crippen LogP contribution in [0.3, 0.4) is 0 Å². The van der Waals surface area contributed by atoms with Crippen molar-refractivity contribution >= 4 is 32.7 Å². The van der Waals surface area contributed by atoms with Gasteiger partial charge in [-0.2, -0.15) is 4.31 Å². The van der Waals surface area contributed by atoms with Gasteiger partial charge in [-0.1, -0.05) is 43.2 Å². The molecule has 0 fully saturated rings. The van der Waals surface area contributed by atoms with Gasteiger partial charge in [-0.25, -0.2) is 13.1 Å². The van der Waals surface area contributed by atoms with E-state index in [1.165, 1.54) is 10.5 Å². The summed E-state index contributed by atoms with van der Waals surface area (Å²) in [6.45, 7) is 8.23. The van der Waals surface area contributed by atoms with Gasteiger partial charge in [0.25, 0.3) is 0 Å². The van der Waals surface area contributed by atoms with Crippen LogP contribution in [0.4, 0.5) is 0 Å². The van der Waals surface area contributed by atoms with Crippen LogP contribution in [0.15, 0.2) is 47.5 Å². The molecule has 3 heterocycles. The summed E-state index contributed by atoms with van der Waals surface area (Å²) < 4.78 is 43.2. The van der Waals surface area contributed by atoms with Crippen molar-refractivity contribution in [3.8, 4) is 11.5 Å². The van der Waals surface area contributed by atoms with Crippen molar-refractivity contribution < 1.29 is 27.5 Å². The van der Waals surface area contributed by atoms with Gasteiger partial charge in [0.15, 0.2) is 0 Å². The summed E-state index contributed by atoms with van der Waals surface area (Å²) >= 11 is 0. The number of ketones is 1. The highest BCUT2D eigenvalue weighted by Gasteiger charge is 2.34. The van der Waals surface area contributed by atoms with Gasteiger partial charge < -0.3 is 14.8 Å². The Balaban J connectivity index is 1.35. The first kappa shape index (κ1) is 36.9. The second-order valence-corrected chi connectivity index (χ2v) is 15.1. The smallest absolute Gasteiger partial charge is 0.248 e. The van der Waals surface area contributed by atoms with Crippen LogP contribution in [-0.4, -0.2) is 70.7 Å². The molecule has 2 aromatic carbocycles. The van der Waals surface area contributed by atoms with Crippen LogP contribution < -0.4 is 14.8 Å². The number of unbranched alkanes of at least 4 members (excludes halogenated alkanes) is 3. The van der Waals surface area contributed by atoms with Crippen molar-refractivity contribution in [3.05, 3.63) is 70.5 Å². The van der Waals surface area contributed by atoms with E-state index in [1.807, 2.05) is 51.1 Å². The van der Waals surface area contributed by atoms with Crippen LogP contribution in [0, 0.1) is 6.92 Å². The number of methoxy groups -OCH3 is 1. The van der Waals surface area contributed by atoms with Crippen molar-refractivity contribution in [1.29, 1.82) is 0 Å². The van der Waals surface area contributed by atoms with E-state index in [-0.39, 0.29) is 48.1 Å². The minimum Gasteiger partial charge on any atom is -0.494 e. The lowest BCUT2D eigenvalue weighted by molar-refractivity contribution is -0.120. The fourth-order valence-corrected chi connectivity index (χ4v) is 8.01. The minimum absolute atomic E-state index is 0.0253. The van der Waals surface area contributed by atoms with E-state index in [0.29, 0.717) is 36.4 Å². The number of hydrogen-bond donors (Lipinski definition) is 1. The maximum absolute atomic E-state index is 14.1. The average Bonchev–Trinajstić information content (AvgIpc) is 3.42. The van der Waals surface area contributed by atoms with Crippen molar-refractivity contribution in [2.75, 3.05) is 20.2 Å². The first-order chi connectivity index (χ1) is 23.9. The second kappa shape index (κ2) is 16.1. The first-order valence-corrected chi connectivity index (χ1v) is 18.7. The maximum atomic E-state index is 14.1. The van der Waals surface area contributed by atoms with Gasteiger partial charge in [-0.15, -0.1) is 5.10 Å². The highest BCUT2D eigenvalue weighted by atomic mass is 32.2. The number of rotatable bonds is 15. The summed E-state index contributed by atoms with van der Waals surface area (Å²) in [5.74, 6) is 0.726. The van der Waals surface area contributed by atoms with E-state index in [9.17, 15) is 18.0 Å². The van der Waals surface area contributed by atoms with Crippen LogP contribution in [0.5, 0.6) is 11.5 Å². The third-order valence-electron chi connectivity index (χ3n) is 9.22. The van der Waals surface area contributed by atoms with E-state index in [4.69, 9.17) is 9.47 Å². The molecule has 12 nitrogen and oxygen atoms in total. The zero-order chi connectivity index (χ0) is 36.0. The molecule has 1 aliphatic heterocycles. The molecule has 268 valence electrons. The van der Waals surface area contributed by atoms with Crippen LogP contribution >= 0.6 is 0 Å². The molecule has 5 rings (SSSR count). The maximum Gasteiger partial charge on any atom is 0.248 e. The number of amides is 1. The van der Waals surface area contributed by atoms with Gasteiger partial charge in [0.05, 0.1) is 19.9 Å². The number of aryl methyl sites for hydroxylation is 3. The number of nitrogens with one attached hydrogen (secondary N) is 1. The number of benzene rings is 2. The Morgan fingerprint density at radius 3 is 2.62 bits per heavy atom. The number of hydrogen-bond acceptors (Lipinski definition) is 9. The van der Waals surface area contributed by atoms with E-state index in [0.717, 1.165) is 59.1 Å². The number of fused-ring (bicyclic) bond motifs is 2. The summed E-state index contributed by atoms with van der Waals surface area (Å²) in [7, 11) is -0.545. The molecule has 0 saturated heterocycles. The van der Waals surface area contributed by atoms with Gasteiger partial charge >= 0.3 is 0 Å². The predicted octanol–water partition coefficient (Wildman–Crippen LogP) is 5.39. The summed E-state index contributed by atoms with van der Waals surface area (Å²) in [5, 5.41) is 11.3. The molecular weight excluding hydrogens is 657 g/mol. The fourth-order valence-electron chi connectivity index (χ4n) is 6.47. The molecule has 1 aliphatic rings. The molecule has 0 saturated carbocycles.